The lowest BCUT2D eigenvalue weighted by Crippen LogP contribution is -2.42. The Morgan fingerprint density at radius 1 is 0.692 bits per heavy atom. The van der Waals surface area contributed by atoms with E-state index in [1.54, 1.807) is 38.5 Å². The first-order valence-electron chi connectivity index (χ1n) is 6.03. The Labute approximate surface area is 85.9 Å². The number of hydrogen-bond donors (Lipinski definition) is 0. The molecule has 2 saturated carbocycles. The molecule has 3 rings (SSSR count). The Kier molecular flexibility index (Phi) is 2.32. The predicted octanol–water partition coefficient (Wildman–Crippen LogP) is 3.57. The molecule has 1 aliphatic heterocycles. The van der Waals surface area contributed by atoms with Crippen molar-refractivity contribution in [3.8, 4) is 0 Å². The molecule has 1 saturated heterocycles. The van der Waals surface area contributed by atoms with Gasteiger partial charge in [-0.1, -0.05) is 25.7 Å². The van der Waals surface area contributed by atoms with Crippen molar-refractivity contribution in [3.63, 3.8) is 0 Å². The number of rotatable bonds is 0. The smallest absolute Gasteiger partial charge is 0.00362 e. The van der Waals surface area contributed by atoms with Gasteiger partial charge < -0.3 is 0 Å². The van der Waals surface area contributed by atoms with Gasteiger partial charge in [0.2, 0.25) is 0 Å². The molecular weight excluding hydrogens is 176 g/mol. The zero-order chi connectivity index (χ0) is 8.67. The summed E-state index contributed by atoms with van der Waals surface area (Å²) in [6.07, 6.45) is 9.35. The van der Waals surface area contributed by atoms with Crippen LogP contribution in [-0.2, 0) is 0 Å². The highest BCUT2D eigenvalue weighted by Crippen LogP contribution is 2.51. The standard InChI is InChI=1S/C12H20S/c1-3-9-4-2-6-11-8-13-7-10(5-1)12(9)11/h9-12H,1-8H2. The molecule has 13 heavy (non-hydrogen) atoms. The maximum absolute atomic E-state index is 2.25. The molecule has 0 aromatic rings. The van der Waals surface area contributed by atoms with Gasteiger partial charge in [-0.05, 0) is 48.0 Å². The monoisotopic (exact) mass is 196 g/mol. The van der Waals surface area contributed by atoms with Crippen LogP contribution in [0.5, 0.6) is 0 Å². The molecule has 2 atom stereocenters. The first-order chi connectivity index (χ1) is 6.45. The summed E-state index contributed by atoms with van der Waals surface area (Å²) < 4.78 is 0. The van der Waals surface area contributed by atoms with Crippen LogP contribution in [0.25, 0.3) is 0 Å². The van der Waals surface area contributed by atoms with Crippen LogP contribution < -0.4 is 0 Å². The summed E-state index contributed by atoms with van der Waals surface area (Å²) in [4.78, 5) is 0. The minimum atomic E-state index is 1.13. The lowest BCUT2D eigenvalue weighted by Gasteiger charge is -2.49. The molecule has 3 aliphatic rings. The highest BCUT2D eigenvalue weighted by Gasteiger charge is 2.42. The van der Waals surface area contributed by atoms with Gasteiger partial charge in [-0.15, -0.1) is 0 Å². The zero-order valence-corrected chi connectivity index (χ0v) is 9.19. The predicted molar refractivity (Wildman–Crippen MR) is 59.0 cm³/mol. The maximum atomic E-state index is 2.25. The first-order valence-corrected chi connectivity index (χ1v) is 7.18. The molecule has 2 unspecified atom stereocenters. The molecule has 2 aliphatic carbocycles. The Morgan fingerprint density at radius 2 is 1.23 bits per heavy atom. The lowest BCUT2D eigenvalue weighted by atomic mass is 9.61. The van der Waals surface area contributed by atoms with Crippen LogP contribution in [0.15, 0.2) is 0 Å². The second-order valence-corrected chi connectivity index (χ2v) is 6.33. The Balaban J connectivity index is 1.82. The van der Waals surface area contributed by atoms with Gasteiger partial charge in [0.15, 0.2) is 0 Å². The van der Waals surface area contributed by atoms with Gasteiger partial charge >= 0.3 is 0 Å². The number of thioether (sulfide) groups is 1. The molecular formula is C12H20S. The minimum Gasteiger partial charge on any atom is -0.161 e. The summed E-state index contributed by atoms with van der Waals surface area (Å²) >= 11 is 2.25. The topological polar surface area (TPSA) is 0 Å². The molecule has 74 valence electrons. The van der Waals surface area contributed by atoms with E-state index in [9.17, 15) is 0 Å². The van der Waals surface area contributed by atoms with Gasteiger partial charge in [0.1, 0.15) is 0 Å². The zero-order valence-electron chi connectivity index (χ0n) is 8.37. The van der Waals surface area contributed by atoms with E-state index in [-0.39, 0.29) is 0 Å². The van der Waals surface area contributed by atoms with Crippen molar-refractivity contribution >= 4 is 11.8 Å². The Morgan fingerprint density at radius 3 is 1.85 bits per heavy atom. The van der Waals surface area contributed by atoms with Crippen LogP contribution in [0.4, 0.5) is 0 Å². The van der Waals surface area contributed by atoms with Gasteiger partial charge in [-0.25, -0.2) is 0 Å². The van der Waals surface area contributed by atoms with Crippen molar-refractivity contribution in [2.24, 2.45) is 23.7 Å². The normalized spacial score (nSPS) is 49.8. The van der Waals surface area contributed by atoms with Gasteiger partial charge in [0.05, 0.1) is 0 Å². The van der Waals surface area contributed by atoms with E-state index < -0.39 is 0 Å². The highest BCUT2D eigenvalue weighted by molar-refractivity contribution is 7.99. The third-order valence-corrected chi connectivity index (χ3v) is 5.92. The van der Waals surface area contributed by atoms with Crippen LogP contribution in [-0.4, -0.2) is 11.5 Å². The van der Waals surface area contributed by atoms with Crippen molar-refractivity contribution in [1.29, 1.82) is 0 Å². The van der Waals surface area contributed by atoms with E-state index in [1.165, 1.54) is 17.4 Å². The van der Waals surface area contributed by atoms with E-state index >= 15 is 0 Å². The first kappa shape index (κ1) is 8.64. The summed E-state index contributed by atoms with van der Waals surface area (Å²) in [6.45, 7) is 0. The van der Waals surface area contributed by atoms with Crippen molar-refractivity contribution < 1.29 is 0 Å². The summed E-state index contributed by atoms with van der Waals surface area (Å²) in [5, 5.41) is 0. The SMILES string of the molecule is C1CC2CCCC3CSCC(C1)C23. The Bertz CT molecular complexity index is 144. The largest absolute Gasteiger partial charge is 0.161 e. The van der Waals surface area contributed by atoms with Gasteiger partial charge in [-0.2, -0.15) is 11.8 Å². The Hall–Kier alpha value is 0.350. The van der Waals surface area contributed by atoms with Gasteiger partial charge in [0.25, 0.3) is 0 Å². The highest BCUT2D eigenvalue weighted by atomic mass is 32.2. The summed E-state index contributed by atoms with van der Waals surface area (Å²) in [5.41, 5.74) is 0. The number of hydrogen-bond acceptors (Lipinski definition) is 1. The second-order valence-electron chi connectivity index (χ2n) is 5.26. The molecule has 0 aromatic heterocycles. The molecule has 0 spiro atoms. The van der Waals surface area contributed by atoms with Crippen molar-refractivity contribution in [2.45, 2.75) is 38.5 Å². The van der Waals surface area contributed by atoms with Crippen LogP contribution >= 0.6 is 11.8 Å². The average Bonchev–Trinajstić information content (AvgIpc) is 2.19. The van der Waals surface area contributed by atoms with Crippen LogP contribution in [0.3, 0.4) is 0 Å². The molecule has 3 fully saturated rings. The van der Waals surface area contributed by atoms with E-state index in [1.807, 2.05) is 0 Å². The fourth-order valence-corrected chi connectivity index (χ4v) is 5.63. The van der Waals surface area contributed by atoms with E-state index in [4.69, 9.17) is 0 Å². The van der Waals surface area contributed by atoms with Crippen molar-refractivity contribution in [1.82, 2.24) is 0 Å². The summed E-state index contributed by atoms with van der Waals surface area (Å²) in [7, 11) is 0. The van der Waals surface area contributed by atoms with E-state index in [0.717, 1.165) is 17.8 Å². The molecule has 0 radical (unpaired) electrons. The minimum absolute atomic E-state index is 1.13. The quantitative estimate of drug-likeness (QED) is 0.571. The lowest BCUT2D eigenvalue weighted by molar-refractivity contribution is 0.0645. The van der Waals surface area contributed by atoms with E-state index in [0.29, 0.717) is 0 Å². The van der Waals surface area contributed by atoms with Crippen LogP contribution in [0, 0.1) is 23.7 Å². The summed E-state index contributed by atoms with van der Waals surface area (Å²) in [5.74, 6) is 7.57. The fourth-order valence-electron chi connectivity index (χ4n) is 4.11. The molecule has 0 N–H and O–H groups in total. The molecule has 0 amide bonds. The van der Waals surface area contributed by atoms with Gasteiger partial charge in [0, 0.05) is 0 Å². The molecule has 0 aromatic carbocycles. The van der Waals surface area contributed by atoms with Crippen LogP contribution in [0.1, 0.15) is 38.5 Å². The fraction of sp³-hybridized carbons (Fsp3) is 1.00. The molecule has 0 nitrogen and oxygen atoms in total. The van der Waals surface area contributed by atoms with Crippen molar-refractivity contribution in [3.05, 3.63) is 0 Å². The second kappa shape index (κ2) is 3.49. The third-order valence-electron chi connectivity index (χ3n) is 4.60. The molecule has 0 bridgehead atoms. The van der Waals surface area contributed by atoms with Gasteiger partial charge in [-0.3, -0.25) is 0 Å². The average molecular weight is 196 g/mol. The molecule has 1 heteroatoms. The maximum Gasteiger partial charge on any atom is -0.00362 e. The third kappa shape index (κ3) is 1.44. The van der Waals surface area contributed by atoms with E-state index in [2.05, 4.69) is 11.8 Å². The summed E-state index contributed by atoms with van der Waals surface area (Å²) in [6, 6.07) is 0. The van der Waals surface area contributed by atoms with Crippen LogP contribution in [0.2, 0.25) is 0 Å². The van der Waals surface area contributed by atoms with Crippen molar-refractivity contribution in [2.75, 3.05) is 11.5 Å². The molecule has 1 heterocycles.